The zero-order valence-corrected chi connectivity index (χ0v) is 22.2. The van der Waals surface area contributed by atoms with Crippen LogP contribution in [0.15, 0.2) is 23.2 Å². The van der Waals surface area contributed by atoms with Gasteiger partial charge in [0.25, 0.3) is 0 Å². The fourth-order valence-corrected chi connectivity index (χ4v) is 3.60. The highest BCUT2D eigenvalue weighted by Crippen LogP contribution is 2.25. The molecule has 1 aromatic rings. The molecule has 0 aromatic heterocycles. The van der Waals surface area contributed by atoms with Crippen molar-refractivity contribution in [3.05, 3.63) is 29.3 Å². The van der Waals surface area contributed by atoms with E-state index >= 15 is 0 Å². The lowest BCUT2D eigenvalue weighted by Gasteiger charge is -2.43. The van der Waals surface area contributed by atoms with Gasteiger partial charge in [-0.2, -0.15) is 0 Å². The molecule has 1 saturated heterocycles. The molecule has 0 amide bonds. The van der Waals surface area contributed by atoms with E-state index in [2.05, 4.69) is 61.7 Å². The predicted molar refractivity (Wildman–Crippen MR) is 138 cm³/mol. The minimum absolute atomic E-state index is 0. The van der Waals surface area contributed by atoms with Gasteiger partial charge in [-0.15, -0.1) is 24.0 Å². The Kier molecular flexibility index (Phi) is 13.4. The molecule has 0 atom stereocenters. The SMILES string of the molecule is CCNC(=NCc1ccc(C)cc1OCCCOC)NCC1(N(C)C)CCOCC1.I. The van der Waals surface area contributed by atoms with E-state index in [0.29, 0.717) is 19.8 Å². The number of hydrogen-bond donors (Lipinski definition) is 2. The number of halogens is 1. The number of nitrogens with one attached hydrogen (secondary N) is 2. The molecule has 7 nitrogen and oxygen atoms in total. The zero-order chi connectivity index (χ0) is 21.8. The molecule has 2 rings (SSSR count). The standard InChI is InChI=1S/C23H40N4O3.HI/c1-6-24-22(26-18-23(27(3)4)10-14-29-15-11-23)25-17-20-9-8-19(2)16-21(20)30-13-7-12-28-5;/h8-9,16H,6-7,10-15,17-18H2,1-5H3,(H2,24,25,26);1H. The third kappa shape index (κ3) is 9.11. The molecule has 1 aromatic carbocycles. The summed E-state index contributed by atoms with van der Waals surface area (Å²) in [5, 5.41) is 6.93. The number of nitrogens with zero attached hydrogens (tertiary/aromatic N) is 2. The second-order valence-corrected chi connectivity index (χ2v) is 8.09. The van der Waals surface area contributed by atoms with Crippen LogP contribution in [0.25, 0.3) is 0 Å². The van der Waals surface area contributed by atoms with Crippen molar-refractivity contribution in [3.8, 4) is 5.75 Å². The summed E-state index contributed by atoms with van der Waals surface area (Å²) in [5.41, 5.74) is 2.36. The van der Waals surface area contributed by atoms with Crippen molar-refractivity contribution in [1.29, 1.82) is 0 Å². The number of rotatable bonds is 11. The van der Waals surface area contributed by atoms with Crippen LogP contribution in [0, 0.1) is 6.92 Å². The fraction of sp³-hybridized carbons (Fsp3) is 0.696. The van der Waals surface area contributed by atoms with Crippen LogP contribution in [0.4, 0.5) is 0 Å². The number of aliphatic imine (C=N–C) groups is 1. The van der Waals surface area contributed by atoms with Gasteiger partial charge >= 0.3 is 0 Å². The fourth-order valence-electron chi connectivity index (χ4n) is 3.60. The quantitative estimate of drug-likeness (QED) is 0.192. The van der Waals surface area contributed by atoms with Crippen LogP contribution in [0.2, 0.25) is 0 Å². The molecule has 0 aliphatic carbocycles. The average molecular weight is 549 g/mol. The molecule has 2 N–H and O–H groups in total. The Labute approximate surface area is 205 Å². The van der Waals surface area contributed by atoms with Gasteiger partial charge in [0.2, 0.25) is 0 Å². The number of hydrogen-bond acceptors (Lipinski definition) is 5. The molecule has 31 heavy (non-hydrogen) atoms. The molecule has 1 aliphatic heterocycles. The van der Waals surface area contributed by atoms with Crippen LogP contribution in [0.3, 0.4) is 0 Å². The summed E-state index contributed by atoms with van der Waals surface area (Å²) < 4.78 is 16.7. The Morgan fingerprint density at radius 2 is 1.94 bits per heavy atom. The van der Waals surface area contributed by atoms with Gasteiger partial charge in [0.05, 0.1) is 13.2 Å². The lowest BCUT2D eigenvalue weighted by Crippen LogP contribution is -2.57. The average Bonchev–Trinajstić information content (AvgIpc) is 2.74. The van der Waals surface area contributed by atoms with E-state index in [-0.39, 0.29) is 29.5 Å². The second-order valence-electron chi connectivity index (χ2n) is 8.09. The van der Waals surface area contributed by atoms with Gasteiger partial charge in [-0.3, -0.25) is 0 Å². The van der Waals surface area contributed by atoms with Gasteiger partial charge in [0.15, 0.2) is 5.96 Å². The first-order valence-electron chi connectivity index (χ1n) is 11.0. The van der Waals surface area contributed by atoms with Gasteiger partial charge in [0, 0.05) is 57.5 Å². The van der Waals surface area contributed by atoms with E-state index in [0.717, 1.165) is 62.8 Å². The molecule has 1 aliphatic rings. The Morgan fingerprint density at radius 3 is 2.58 bits per heavy atom. The van der Waals surface area contributed by atoms with Crippen molar-refractivity contribution in [2.75, 3.05) is 60.7 Å². The molecule has 0 bridgehead atoms. The number of likely N-dealkylation sites (N-methyl/N-ethyl adjacent to an activating group) is 1. The number of aryl methyl sites for hydroxylation is 1. The predicted octanol–water partition coefficient (Wildman–Crippen LogP) is 3.19. The maximum absolute atomic E-state index is 6.00. The normalized spacial score (nSPS) is 16.0. The van der Waals surface area contributed by atoms with E-state index in [9.17, 15) is 0 Å². The number of methoxy groups -OCH3 is 1. The summed E-state index contributed by atoms with van der Waals surface area (Å²) in [6.07, 6.45) is 2.90. The smallest absolute Gasteiger partial charge is 0.191 e. The van der Waals surface area contributed by atoms with E-state index in [4.69, 9.17) is 19.2 Å². The lowest BCUT2D eigenvalue weighted by molar-refractivity contribution is -0.00501. The highest BCUT2D eigenvalue weighted by Gasteiger charge is 2.34. The third-order valence-electron chi connectivity index (χ3n) is 5.68. The summed E-state index contributed by atoms with van der Waals surface area (Å²) >= 11 is 0. The number of guanidine groups is 1. The second kappa shape index (κ2) is 14.9. The first-order valence-corrected chi connectivity index (χ1v) is 11.0. The van der Waals surface area contributed by atoms with Gasteiger partial charge in [-0.25, -0.2) is 4.99 Å². The molecule has 0 saturated carbocycles. The molecule has 178 valence electrons. The highest BCUT2D eigenvalue weighted by molar-refractivity contribution is 14.0. The van der Waals surface area contributed by atoms with Crippen molar-refractivity contribution in [1.82, 2.24) is 15.5 Å². The number of ether oxygens (including phenoxy) is 3. The van der Waals surface area contributed by atoms with Crippen LogP contribution >= 0.6 is 24.0 Å². The summed E-state index contributed by atoms with van der Waals surface area (Å²) in [7, 11) is 6.01. The molecule has 1 heterocycles. The van der Waals surface area contributed by atoms with Crippen LogP contribution < -0.4 is 15.4 Å². The zero-order valence-electron chi connectivity index (χ0n) is 19.8. The lowest BCUT2D eigenvalue weighted by atomic mass is 9.88. The first-order chi connectivity index (χ1) is 14.5. The molecule has 8 heteroatoms. The minimum Gasteiger partial charge on any atom is -0.493 e. The molecular weight excluding hydrogens is 507 g/mol. The molecule has 0 radical (unpaired) electrons. The van der Waals surface area contributed by atoms with Gasteiger partial charge in [-0.1, -0.05) is 12.1 Å². The van der Waals surface area contributed by atoms with E-state index in [1.54, 1.807) is 7.11 Å². The van der Waals surface area contributed by atoms with Crippen molar-refractivity contribution in [2.45, 2.75) is 45.2 Å². The Balaban J connectivity index is 0.00000480. The topological polar surface area (TPSA) is 67.4 Å². The van der Waals surface area contributed by atoms with Crippen molar-refractivity contribution < 1.29 is 14.2 Å². The minimum atomic E-state index is 0. The molecular formula is C23H41IN4O3. The van der Waals surface area contributed by atoms with Gasteiger partial charge < -0.3 is 29.7 Å². The van der Waals surface area contributed by atoms with Crippen molar-refractivity contribution >= 4 is 29.9 Å². The van der Waals surface area contributed by atoms with Gasteiger partial charge in [0.1, 0.15) is 5.75 Å². The van der Waals surface area contributed by atoms with Gasteiger partial charge in [-0.05, 0) is 52.4 Å². The molecule has 0 unspecified atom stereocenters. The van der Waals surface area contributed by atoms with Crippen LogP contribution in [-0.4, -0.2) is 77.1 Å². The Bertz CT molecular complexity index is 664. The van der Waals surface area contributed by atoms with Crippen LogP contribution in [-0.2, 0) is 16.0 Å². The van der Waals surface area contributed by atoms with Crippen molar-refractivity contribution in [3.63, 3.8) is 0 Å². The maximum Gasteiger partial charge on any atom is 0.191 e. The molecule has 0 spiro atoms. The van der Waals surface area contributed by atoms with Crippen LogP contribution in [0.1, 0.15) is 37.3 Å². The summed E-state index contributed by atoms with van der Waals surface area (Å²) in [4.78, 5) is 7.15. The first kappa shape index (κ1) is 27.9. The van der Waals surface area contributed by atoms with Crippen LogP contribution in [0.5, 0.6) is 5.75 Å². The highest BCUT2D eigenvalue weighted by atomic mass is 127. The maximum atomic E-state index is 6.00. The summed E-state index contributed by atoms with van der Waals surface area (Å²) in [5.74, 6) is 1.73. The largest absolute Gasteiger partial charge is 0.493 e. The van der Waals surface area contributed by atoms with E-state index in [1.165, 1.54) is 5.56 Å². The summed E-state index contributed by atoms with van der Waals surface area (Å²) in [6.45, 7) is 9.33. The monoisotopic (exact) mass is 548 g/mol. The Hall–Kier alpha value is -1.10. The third-order valence-corrected chi connectivity index (χ3v) is 5.68. The summed E-state index contributed by atoms with van der Waals surface area (Å²) in [6, 6.07) is 6.30. The Morgan fingerprint density at radius 1 is 1.19 bits per heavy atom. The number of benzene rings is 1. The van der Waals surface area contributed by atoms with Crippen molar-refractivity contribution in [2.24, 2.45) is 4.99 Å². The molecule has 1 fully saturated rings. The van der Waals surface area contributed by atoms with E-state index in [1.807, 2.05) is 0 Å². The van der Waals surface area contributed by atoms with E-state index < -0.39 is 0 Å².